The van der Waals surface area contributed by atoms with Crippen molar-refractivity contribution in [2.75, 3.05) is 0 Å². The van der Waals surface area contributed by atoms with Gasteiger partial charge in [0.25, 0.3) is 0 Å². The highest BCUT2D eigenvalue weighted by Crippen LogP contribution is 2.19. The standard InChI is InChI=1S/C13H17F2N5/c1-2-3-20-13(17-8-18-20)7-12(19-16)9-4-10(14)6-11(15)5-9/h4-6,8,12,19H,2-3,7,16H2,1H3. The van der Waals surface area contributed by atoms with E-state index >= 15 is 0 Å². The van der Waals surface area contributed by atoms with E-state index < -0.39 is 17.7 Å². The SMILES string of the molecule is CCCn1ncnc1CC(NN)c1cc(F)cc(F)c1. The van der Waals surface area contributed by atoms with Crippen molar-refractivity contribution in [2.24, 2.45) is 5.84 Å². The fraction of sp³-hybridized carbons (Fsp3) is 0.385. The Labute approximate surface area is 115 Å². The van der Waals surface area contributed by atoms with Crippen LogP contribution >= 0.6 is 0 Å². The molecule has 0 fully saturated rings. The molecule has 0 amide bonds. The number of halogens is 2. The number of hydrogen-bond donors (Lipinski definition) is 2. The van der Waals surface area contributed by atoms with E-state index in [-0.39, 0.29) is 0 Å². The highest BCUT2D eigenvalue weighted by molar-refractivity contribution is 5.22. The molecule has 2 rings (SSSR count). The van der Waals surface area contributed by atoms with Gasteiger partial charge in [0.1, 0.15) is 23.8 Å². The topological polar surface area (TPSA) is 68.8 Å². The number of benzene rings is 1. The van der Waals surface area contributed by atoms with Crippen LogP contribution in [-0.4, -0.2) is 14.8 Å². The molecule has 1 atom stereocenters. The van der Waals surface area contributed by atoms with Crippen molar-refractivity contribution in [1.29, 1.82) is 0 Å². The molecule has 0 aliphatic carbocycles. The van der Waals surface area contributed by atoms with Gasteiger partial charge in [-0.05, 0) is 24.1 Å². The van der Waals surface area contributed by atoms with E-state index in [0.717, 1.165) is 24.9 Å². The maximum Gasteiger partial charge on any atom is 0.138 e. The first-order chi connectivity index (χ1) is 9.63. The van der Waals surface area contributed by atoms with E-state index in [1.54, 1.807) is 4.68 Å². The molecule has 0 bridgehead atoms. The zero-order valence-electron chi connectivity index (χ0n) is 11.2. The van der Waals surface area contributed by atoms with Crippen LogP contribution in [0.4, 0.5) is 8.78 Å². The van der Waals surface area contributed by atoms with Crippen LogP contribution in [0.2, 0.25) is 0 Å². The van der Waals surface area contributed by atoms with Gasteiger partial charge in [0.2, 0.25) is 0 Å². The van der Waals surface area contributed by atoms with Gasteiger partial charge in [0.05, 0.1) is 6.04 Å². The van der Waals surface area contributed by atoms with E-state index in [2.05, 4.69) is 15.5 Å². The highest BCUT2D eigenvalue weighted by atomic mass is 19.1. The summed E-state index contributed by atoms with van der Waals surface area (Å²) < 4.78 is 28.3. The Morgan fingerprint density at radius 2 is 2.00 bits per heavy atom. The van der Waals surface area contributed by atoms with E-state index in [9.17, 15) is 8.78 Å². The largest absolute Gasteiger partial charge is 0.271 e. The molecule has 0 radical (unpaired) electrons. The number of nitrogens with zero attached hydrogens (tertiary/aromatic N) is 3. The van der Waals surface area contributed by atoms with Crippen LogP contribution in [0.3, 0.4) is 0 Å². The zero-order valence-corrected chi connectivity index (χ0v) is 11.2. The van der Waals surface area contributed by atoms with Crippen molar-refractivity contribution < 1.29 is 8.78 Å². The maximum absolute atomic E-state index is 13.3. The van der Waals surface area contributed by atoms with Crippen LogP contribution in [0, 0.1) is 11.6 Å². The molecule has 5 nitrogen and oxygen atoms in total. The Balaban J connectivity index is 2.22. The van der Waals surface area contributed by atoms with Gasteiger partial charge >= 0.3 is 0 Å². The van der Waals surface area contributed by atoms with Crippen molar-refractivity contribution in [3.63, 3.8) is 0 Å². The van der Waals surface area contributed by atoms with Gasteiger partial charge < -0.3 is 0 Å². The summed E-state index contributed by atoms with van der Waals surface area (Å²) in [6.07, 6.45) is 2.79. The van der Waals surface area contributed by atoms with Crippen LogP contribution in [0.1, 0.15) is 30.8 Å². The van der Waals surface area contributed by atoms with Crippen molar-refractivity contribution in [2.45, 2.75) is 32.4 Å². The minimum Gasteiger partial charge on any atom is -0.271 e. The first-order valence-corrected chi connectivity index (χ1v) is 6.42. The normalized spacial score (nSPS) is 12.6. The summed E-state index contributed by atoms with van der Waals surface area (Å²) in [7, 11) is 0. The zero-order chi connectivity index (χ0) is 14.5. The maximum atomic E-state index is 13.3. The number of nitrogens with two attached hydrogens (primary N) is 1. The number of hydrogen-bond acceptors (Lipinski definition) is 4. The fourth-order valence-corrected chi connectivity index (χ4v) is 2.08. The summed E-state index contributed by atoms with van der Waals surface area (Å²) in [5.74, 6) is 4.96. The van der Waals surface area contributed by atoms with Gasteiger partial charge in [-0.1, -0.05) is 6.92 Å². The van der Waals surface area contributed by atoms with Gasteiger partial charge in [-0.25, -0.2) is 13.8 Å². The lowest BCUT2D eigenvalue weighted by molar-refractivity contribution is 0.492. The minimum atomic E-state index is -0.629. The third-order valence-corrected chi connectivity index (χ3v) is 3.01. The molecule has 20 heavy (non-hydrogen) atoms. The smallest absolute Gasteiger partial charge is 0.138 e. The van der Waals surface area contributed by atoms with Crippen molar-refractivity contribution in [1.82, 2.24) is 20.2 Å². The van der Waals surface area contributed by atoms with Crippen LogP contribution in [0.5, 0.6) is 0 Å². The molecule has 108 valence electrons. The minimum absolute atomic E-state index is 0.402. The van der Waals surface area contributed by atoms with E-state index in [0.29, 0.717) is 12.0 Å². The molecular formula is C13H17F2N5. The average molecular weight is 281 g/mol. The predicted molar refractivity (Wildman–Crippen MR) is 70.4 cm³/mol. The Morgan fingerprint density at radius 1 is 1.30 bits per heavy atom. The van der Waals surface area contributed by atoms with Gasteiger partial charge in [0.15, 0.2) is 0 Å². The Hall–Kier alpha value is -1.86. The van der Waals surface area contributed by atoms with E-state index in [1.165, 1.54) is 18.5 Å². The monoisotopic (exact) mass is 281 g/mol. The molecule has 3 N–H and O–H groups in total. The van der Waals surface area contributed by atoms with Gasteiger partial charge in [0, 0.05) is 19.0 Å². The first-order valence-electron chi connectivity index (χ1n) is 6.42. The lowest BCUT2D eigenvalue weighted by Crippen LogP contribution is -2.30. The van der Waals surface area contributed by atoms with E-state index in [1.807, 2.05) is 6.92 Å². The number of nitrogens with one attached hydrogen (secondary N) is 1. The van der Waals surface area contributed by atoms with Gasteiger partial charge in [-0.15, -0.1) is 0 Å². The average Bonchev–Trinajstić information content (AvgIpc) is 2.82. The molecule has 1 heterocycles. The molecule has 0 saturated heterocycles. The van der Waals surface area contributed by atoms with Gasteiger partial charge in [-0.2, -0.15) is 5.10 Å². The third kappa shape index (κ3) is 3.37. The lowest BCUT2D eigenvalue weighted by atomic mass is 10.0. The Morgan fingerprint density at radius 3 is 2.60 bits per heavy atom. The molecule has 0 saturated carbocycles. The fourth-order valence-electron chi connectivity index (χ4n) is 2.08. The Bertz CT molecular complexity index is 549. The summed E-state index contributed by atoms with van der Waals surface area (Å²) in [6.45, 7) is 2.77. The summed E-state index contributed by atoms with van der Waals surface area (Å²) in [5, 5.41) is 4.11. The molecule has 1 unspecified atom stereocenters. The quantitative estimate of drug-likeness (QED) is 0.625. The molecule has 0 spiro atoms. The molecule has 0 aliphatic rings. The molecule has 0 aliphatic heterocycles. The highest BCUT2D eigenvalue weighted by Gasteiger charge is 2.16. The summed E-state index contributed by atoms with van der Waals surface area (Å²) in [4.78, 5) is 4.16. The second kappa shape index (κ2) is 6.53. The van der Waals surface area contributed by atoms with Crippen molar-refractivity contribution in [3.8, 4) is 0 Å². The Kier molecular flexibility index (Phi) is 4.75. The molecular weight excluding hydrogens is 264 g/mol. The van der Waals surface area contributed by atoms with Crippen LogP contribution in [0.25, 0.3) is 0 Å². The molecule has 7 heteroatoms. The van der Waals surface area contributed by atoms with E-state index in [4.69, 9.17) is 5.84 Å². The van der Waals surface area contributed by atoms with Crippen LogP contribution < -0.4 is 11.3 Å². The molecule has 2 aromatic rings. The summed E-state index contributed by atoms with van der Waals surface area (Å²) in [6, 6.07) is 2.92. The second-order valence-corrected chi connectivity index (χ2v) is 4.53. The van der Waals surface area contributed by atoms with Crippen molar-refractivity contribution >= 4 is 0 Å². The predicted octanol–water partition coefficient (Wildman–Crippen LogP) is 1.71. The van der Waals surface area contributed by atoms with Crippen LogP contribution in [0.15, 0.2) is 24.5 Å². The van der Waals surface area contributed by atoms with Crippen LogP contribution in [-0.2, 0) is 13.0 Å². The molecule has 1 aromatic carbocycles. The second-order valence-electron chi connectivity index (χ2n) is 4.53. The number of rotatable bonds is 6. The molecule has 1 aromatic heterocycles. The van der Waals surface area contributed by atoms with Crippen molar-refractivity contribution in [3.05, 3.63) is 47.5 Å². The van der Waals surface area contributed by atoms with Gasteiger partial charge in [-0.3, -0.25) is 16.0 Å². The number of aryl methyl sites for hydroxylation is 1. The summed E-state index contributed by atoms with van der Waals surface area (Å²) in [5.41, 5.74) is 3.01. The number of hydrazine groups is 1. The third-order valence-electron chi connectivity index (χ3n) is 3.01. The lowest BCUT2D eigenvalue weighted by Gasteiger charge is -2.16. The summed E-state index contributed by atoms with van der Waals surface area (Å²) >= 11 is 0. The first kappa shape index (κ1) is 14.5. The number of aromatic nitrogens is 3.